The molecule has 0 spiro atoms. The first kappa shape index (κ1) is 18.4. The normalized spacial score (nSPS) is 28.3. The summed E-state index contributed by atoms with van der Waals surface area (Å²) in [5.41, 5.74) is -1.12. The molecular weight excluding hydrogens is 336 g/mol. The van der Waals surface area contributed by atoms with Crippen molar-refractivity contribution in [2.45, 2.75) is 38.0 Å². The molecule has 7 heteroatoms. The van der Waals surface area contributed by atoms with E-state index in [-0.39, 0.29) is 17.1 Å². The standard InChI is InChI=1S/C10H16O4S.C6H6OS/c1-9(2)7-3-4-10(9,8(11)5-7)6-15(12,13)14;7-8-6-4-2-1-3-5-6/h7H,3-6H2,1-2H3,(H,12,13,14);1-5,7H. The number of fused-ring (bicyclic) bond motifs is 2. The molecule has 23 heavy (non-hydrogen) atoms. The second-order valence-corrected chi connectivity index (χ2v) is 8.90. The van der Waals surface area contributed by atoms with Gasteiger partial charge < -0.3 is 4.55 Å². The average Bonchev–Trinajstić information content (AvgIpc) is 2.81. The van der Waals surface area contributed by atoms with E-state index in [4.69, 9.17) is 9.11 Å². The van der Waals surface area contributed by atoms with Crippen molar-refractivity contribution in [3.8, 4) is 0 Å². The third-order valence-electron chi connectivity index (χ3n) is 5.42. The lowest BCUT2D eigenvalue weighted by Crippen LogP contribution is -2.42. The van der Waals surface area contributed by atoms with Crippen LogP contribution in [0.1, 0.15) is 33.1 Å². The molecule has 2 N–H and O–H groups in total. The minimum atomic E-state index is -4.08. The predicted molar refractivity (Wildman–Crippen MR) is 89.9 cm³/mol. The molecule has 1 aromatic carbocycles. The lowest BCUT2D eigenvalue weighted by Gasteiger charge is -2.35. The average molecular weight is 358 g/mol. The third kappa shape index (κ3) is 3.63. The van der Waals surface area contributed by atoms with Crippen LogP contribution >= 0.6 is 12.0 Å². The van der Waals surface area contributed by atoms with Crippen LogP contribution in [0, 0.1) is 16.7 Å². The van der Waals surface area contributed by atoms with E-state index in [0.29, 0.717) is 12.8 Å². The van der Waals surface area contributed by atoms with Crippen LogP contribution in [0.5, 0.6) is 0 Å². The maximum atomic E-state index is 11.9. The molecule has 2 bridgehead atoms. The smallest absolute Gasteiger partial charge is 0.265 e. The van der Waals surface area contributed by atoms with Gasteiger partial charge in [-0.1, -0.05) is 32.0 Å². The quantitative estimate of drug-likeness (QED) is 0.634. The Morgan fingerprint density at radius 1 is 1.26 bits per heavy atom. The lowest BCUT2D eigenvalue weighted by atomic mass is 9.70. The summed E-state index contributed by atoms with van der Waals surface area (Å²) in [6, 6.07) is 9.40. The number of benzene rings is 1. The van der Waals surface area contributed by atoms with Gasteiger partial charge in [0.05, 0.1) is 11.2 Å². The van der Waals surface area contributed by atoms with E-state index in [1.807, 2.05) is 44.2 Å². The Balaban J connectivity index is 0.000000203. The fourth-order valence-electron chi connectivity index (χ4n) is 3.90. The zero-order valence-electron chi connectivity index (χ0n) is 13.2. The van der Waals surface area contributed by atoms with Crippen molar-refractivity contribution in [1.82, 2.24) is 0 Å². The van der Waals surface area contributed by atoms with E-state index in [1.165, 1.54) is 0 Å². The minimum Gasteiger partial charge on any atom is -0.325 e. The summed E-state index contributed by atoms with van der Waals surface area (Å²) >= 11 is 0.769. The molecule has 3 rings (SSSR count). The van der Waals surface area contributed by atoms with Crippen LogP contribution in [-0.2, 0) is 14.9 Å². The van der Waals surface area contributed by atoms with Gasteiger partial charge >= 0.3 is 0 Å². The van der Waals surface area contributed by atoms with Crippen LogP contribution in [0.25, 0.3) is 0 Å². The zero-order chi connectivity index (χ0) is 17.3. The Bertz CT molecular complexity index is 669. The summed E-state index contributed by atoms with van der Waals surface area (Å²) in [5, 5.41) is 0. The fraction of sp³-hybridized carbons (Fsp3) is 0.562. The predicted octanol–water partition coefficient (Wildman–Crippen LogP) is 3.52. The highest BCUT2D eigenvalue weighted by Crippen LogP contribution is 2.64. The van der Waals surface area contributed by atoms with Gasteiger partial charge in [0, 0.05) is 23.4 Å². The largest absolute Gasteiger partial charge is 0.325 e. The number of carbonyl (C=O) groups excluding carboxylic acids is 1. The summed E-state index contributed by atoms with van der Waals surface area (Å²) < 4.78 is 39.4. The molecule has 0 amide bonds. The first-order chi connectivity index (χ1) is 10.6. The topological polar surface area (TPSA) is 91.7 Å². The van der Waals surface area contributed by atoms with Gasteiger partial charge in [0.25, 0.3) is 10.1 Å². The van der Waals surface area contributed by atoms with Crippen LogP contribution in [0.4, 0.5) is 0 Å². The summed E-state index contributed by atoms with van der Waals surface area (Å²) in [7, 11) is -4.08. The number of carbonyl (C=O) groups is 1. The molecule has 128 valence electrons. The molecule has 2 aliphatic carbocycles. The second-order valence-electron chi connectivity index (χ2n) is 6.80. The van der Waals surface area contributed by atoms with Crippen molar-refractivity contribution in [2.24, 2.45) is 16.7 Å². The highest BCUT2D eigenvalue weighted by molar-refractivity contribution is 7.93. The summed E-state index contributed by atoms with van der Waals surface area (Å²) in [4.78, 5) is 12.8. The molecule has 2 unspecified atom stereocenters. The Hall–Kier alpha value is -0.890. The number of Topliss-reactive ketones (excluding diaryl/α,β-unsaturated/α-hetero) is 1. The number of rotatable bonds is 3. The SMILES string of the molecule is CC1(C)C2CCC1(CS(=O)(=O)O)C(=O)C2.OSc1ccccc1. The van der Waals surface area contributed by atoms with Crippen LogP contribution < -0.4 is 0 Å². The lowest BCUT2D eigenvalue weighted by molar-refractivity contribution is -0.128. The van der Waals surface area contributed by atoms with Crippen molar-refractivity contribution in [3.63, 3.8) is 0 Å². The van der Waals surface area contributed by atoms with Gasteiger partial charge in [0.2, 0.25) is 0 Å². The Kier molecular flexibility index (Phi) is 5.25. The molecule has 2 aliphatic rings. The van der Waals surface area contributed by atoms with E-state index in [9.17, 15) is 13.2 Å². The second kappa shape index (κ2) is 6.55. The van der Waals surface area contributed by atoms with Gasteiger partial charge in [-0.15, -0.1) is 0 Å². The number of hydrogen-bond acceptors (Lipinski definition) is 5. The molecular formula is C16H22O5S2. The maximum absolute atomic E-state index is 11.9. The van der Waals surface area contributed by atoms with Gasteiger partial charge in [-0.3, -0.25) is 9.35 Å². The Morgan fingerprint density at radius 2 is 1.87 bits per heavy atom. The molecule has 0 aliphatic heterocycles. The van der Waals surface area contributed by atoms with E-state index >= 15 is 0 Å². The van der Waals surface area contributed by atoms with E-state index in [0.717, 1.165) is 23.4 Å². The van der Waals surface area contributed by atoms with Gasteiger partial charge in [0.1, 0.15) is 5.78 Å². The highest BCUT2D eigenvalue weighted by Gasteiger charge is 2.65. The number of hydrogen-bond donors (Lipinski definition) is 2. The van der Waals surface area contributed by atoms with Gasteiger partial charge in [-0.05, 0) is 36.3 Å². The molecule has 2 fully saturated rings. The first-order valence-corrected chi connectivity index (χ1v) is 9.85. The molecule has 0 aromatic heterocycles. The van der Waals surface area contributed by atoms with Crippen LogP contribution in [0.2, 0.25) is 0 Å². The first-order valence-electron chi connectivity index (χ1n) is 7.47. The van der Waals surface area contributed by atoms with Crippen molar-refractivity contribution < 1.29 is 22.3 Å². The fourth-order valence-corrected chi connectivity index (χ4v) is 5.48. The number of ketones is 1. The highest BCUT2D eigenvalue weighted by atomic mass is 32.2. The molecule has 2 atom stereocenters. The molecule has 2 saturated carbocycles. The monoisotopic (exact) mass is 358 g/mol. The van der Waals surface area contributed by atoms with Crippen molar-refractivity contribution in [3.05, 3.63) is 30.3 Å². The molecule has 1 aromatic rings. The third-order valence-corrected chi connectivity index (χ3v) is 6.76. The summed E-state index contributed by atoms with van der Waals surface area (Å²) in [6.07, 6.45) is 1.97. The van der Waals surface area contributed by atoms with Crippen molar-refractivity contribution in [2.75, 3.05) is 5.75 Å². The van der Waals surface area contributed by atoms with Gasteiger partial charge in [-0.25, -0.2) is 0 Å². The van der Waals surface area contributed by atoms with E-state index in [1.54, 1.807) is 0 Å². The zero-order valence-corrected chi connectivity index (χ0v) is 14.9. The van der Waals surface area contributed by atoms with Crippen LogP contribution in [0.3, 0.4) is 0 Å². The van der Waals surface area contributed by atoms with Crippen LogP contribution in [0.15, 0.2) is 35.2 Å². The minimum absolute atomic E-state index is 0.0152. The molecule has 0 radical (unpaired) electrons. The van der Waals surface area contributed by atoms with Crippen LogP contribution in [-0.4, -0.2) is 29.1 Å². The van der Waals surface area contributed by atoms with Crippen molar-refractivity contribution >= 4 is 27.9 Å². The van der Waals surface area contributed by atoms with Gasteiger partial charge in [-0.2, -0.15) is 8.42 Å². The Labute approximate surface area is 141 Å². The van der Waals surface area contributed by atoms with E-state index in [2.05, 4.69) is 0 Å². The van der Waals surface area contributed by atoms with Gasteiger partial charge in [0.15, 0.2) is 0 Å². The molecule has 0 heterocycles. The Morgan fingerprint density at radius 3 is 2.22 bits per heavy atom. The summed E-state index contributed by atoms with van der Waals surface area (Å²) in [5.74, 6) is -0.101. The maximum Gasteiger partial charge on any atom is 0.265 e. The molecule has 5 nitrogen and oxygen atoms in total. The van der Waals surface area contributed by atoms with E-state index < -0.39 is 21.3 Å². The van der Waals surface area contributed by atoms with Crippen molar-refractivity contribution in [1.29, 1.82) is 0 Å². The molecule has 0 saturated heterocycles. The summed E-state index contributed by atoms with van der Waals surface area (Å²) in [6.45, 7) is 3.89.